The third kappa shape index (κ3) is 74.3. The van der Waals surface area contributed by atoms with Crippen molar-refractivity contribution in [3.05, 3.63) is 0 Å². The van der Waals surface area contributed by atoms with Crippen LogP contribution in [0.25, 0.3) is 0 Å². The average molecular weight is 1470 g/mol. The van der Waals surface area contributed by atoms with Gasteiger partial charge in [-0.25, -0.2) is 9.13 Å². The number of rotatable bonds is 81. The Morgan fingerprint density at radius 3 is 0.680 bits per heavy atom. The second-order valence-electron chi connectivity index (χ2n) is 29.6. The number of unbranched alkanes of at least 4 members (excludes halogenated alkanes) is 53. The zero-order valence-electron chi connectivity index (χ0n) is 65.3. The lowest BCUT2D eigenvalue weighted by Gasteiger charge is -2.21. The van der Waals surface area contributed by atoms with Gasteiger partial charge in [-0.05, 0) is 31.6 Å². The largest absolute Gasteiger partial charge is 0.472 e. The number of aliphatic hydroxyl groups excluding tert-OH is 1. The lowest BCUT2D eigenvalue weighted by molar-refractivity contribution is -0.161. The van der Waals surface area contributed by atoms with E-state index in [1.807, 2.05) is 0 Å². The fraction of sp³-hybridized carbons (Fsp3) is 0.951. The molecular formula is C81H158O17P2. The lowest BCUT2D eigenvalue weighted by atomic mass is 10.0. The smallest absolute Gasteiger partial charge is 0.462 e. The van der Waals surface area contributed by atoms with E-state index in [2.05, 4.69) is 34.6 Å². The molecule has 0 heterocycles. The molecule has 0 aromatic heterocycles. The molecule has 0 rings (SSSR count). The maximum absolute atomic E-state index is 13.1. The minimum atomic E-state index is -4.96. The third-order valence-electron chi connectivity index (χ3n) is 19.0. The van der Waals surface area contributed by atoms with Gasteiger partial charge in [0.15, 0.2) is 12.2 Å². The van der Waals surface area contributed by atoms with Crippen LogP contribution in [0.15, 0.2) is 0 Å². The maximum Gasteiger partial charge on any atom is 0.472 e. The molecule has 0 fully saturated rings. The Bertz CT molecular complexity index is 1910. The molecule has 0 saturated heterocycles. The Hall–Kier alpha value is -1.94. The standard InChI is InChI=1S/C81H158O17P2/c1-6-9-12-15-18-21-23-25-26-27-28-29-33-37-40-45-50-55-60-65-79(84)92-71-77(98-81(86)67-62-57-52-47-42-38-34-31-30-32-36-39-44-48-53-58-63-74(4)5)73-96-100(89,90)94-69-75(82)68-93-99(87,88)95-72-76(70-91-78(83)64-59-54-49-43-20-17-14-11-8-3)97-80(85)66-61-56-51-46-41-35-24-22-19-16-13-10-7-2/h74-77,82H,6-73H2,1-5H3,(H,87,88)(H,89,90)/t75-,76+,77+/m0/s1. The predicted molar refractivity (Wildman–Crippen MR) is 409 cm³/mol. The fourth-order valence-electron chi connectivity index (χ4n) is 12.6. The number of carbonyl (C=O) groups excluding carboxylic acids is 4. The molecule has 2 unspecified atom stereocenters. The van der Waals surface area contributed by atoms with E-state index in [-0.39, 0.29) is 25.7 Å². The summed E-state index contributed by atoms with van der Waals surface area (Å²) in [6.07, 6.45) is 65.2. The van der Waals surface area contributed by atoms with E-state index < -0.39 is 97.5 Å². The van der Waals surface area contributed by atoms with Crippen molar-refractivity contribution in [1.82, 2.24) is 0 Å². The number of carbonyl (C=O) groups is 4. The highest BCUT2D eigenvalue weighted by atomic mass is 31.2. The van der Waals surface area contributed by atoms with Crippen LogP contribution in [0, 0.1) is 5.92 Å². The first-order valence-corrected chi connectivity index (χ1v) is 45.1. The van der Waals surface area contributed by atoms with E-state index >= 15 is 0 Å². The summed E-state index contributed by atoms with van der Waals surface area (Å²) < 4.78 is 68.7. The SMILES string of the molecule is CCCCCCCCCCCCCCCCCCCCCC(=O)OC[C@H](COP(=O)(O)OC[C@@H](O)COP(=O)(O)OC[C@@H](COC(=O)CCCCCCCCCCC)OC(=O)CCCCCCCCCCCCCCC)OC(=O)CCCCCCCCCCCCCCCCCCC(C)C. The van der Waals surface area contributed by atoms with Crippen LogP contribution in [-0.2, 0) is 65.4 Å². The van der Waals surface area contributed by atoms with Gasteiger partial charge in [-0.3, -0.25) is 37.3 Å². The average Bonchev–Trinajstić information content (AvgIpc) is 0.936. The highest BCUT2D eigenvalue weighted by Gasteiger charge is 2.30. The molecule has 0 aliphatic heterocycles. The van der Waals surface area contributed by atoms with Crippen molar-refractivity contribution in [3.8, 4) is 0 Å². The minimum absolute atomic E-state index is 0.108. The molecule has 5 atom stereocenters. The molecule has 17 nitrogen and oxygen atoms in total. The van der Waals surface area contributed by atoms with E-state index in [1.165, 1.54) is 257 Å². The highest BCUT2D eigenvalue weighted by molar-refractivity contribution is 7.47. The van der Waals surface area contributed by atoms with Crippen molar-refractivity contribution >= 4 is 39.5 Å². The van der Waals surface area contributed by atoms with Gasteiger partial charge in [-0.15, -0.1) is 0 Å². The lowest BCUT2D eigenvalue weighted by Crippen LogP contribution is -2.30. The van der Waals surface area contributed by atoms with Gasteiger partial charge in [-0.1, -0.05) is 381 Å². The fourth-order valence-corrected chi connectivity index (χ4v) is 14.2. The van der Waals surface area contributed by atoms with Gasteiger partial charge in [-0.2, -0.15) is 0 Å². The van der Waals surface area contributed by atoms with Crippen LogP contribution >= 0.6 is 15.6 Å². The molecule has 0 radical (unpaired) electrons. The zero-order chi connectivity index (χ0) is 73.4. The van der Waals surface area contributed by atoms with Gasteiger partial charge in [0, 0.05) is 25.7 Å². The van der Waals surface area contributed by atoms with Gasteiger partial charge in [0.1, 0.15) is 19.3 Å². The van der Waals surface area contributed by atoms with Crippen LogP contribution in [0.2, 0.25) is 0 Å². The Morgan fingerprint density at radius 2 is 0.460 bits per heavy atom. The summed E-state index contributed by atoms with van der Waals surface area (Å²) in [5.41, 5.74) is 0. The van der Waals surface area contributed by atoms with E-state index in [4.69, 9.17) is 37.0 Å². The summed E-state index contributed by atoms with van der Waals surface area (Å²) in [5.74, 6) is -1.30. The number of hydrogen-bond donors (Lipinski definition) is 3. The molecule has 100 heavy (non-hydrogen) atoms. The number of phosphoric acid groups is 2. The predicted octanol–water partition coefficient (Wildman–Crippen LogP) is 24.4. The molecule has 0 amide bonds. The van der Waals surface area contributed by atoms with Crippen LogP contribution in [0.1, 0.15) is 433 Å². The van der Waals surface area contributed by atoms with Crippen molar-refractivity contribution in [1.29, 1.82) is 0 Å². The number of phosphoric ester groups is 2. The molecule has 594 valence electrons. The molecule has 0 saturated carbocycles. The highest BCUT2D eigenvalue weighted by Crippen LogP contribution is 2.45. The normalized spacial score (nSPS) is 13.8. The van der Waals surface area contributed by atoms with Gasteiger partial charge in [0.05, 0.1) is 26.4 Å². The number of ether oxygens (including phenoxy) is 4. The van der Waals surface area contributed by atoms with E-state index in [9.17, 15) is 43.2 Å². The van der Waals surface area contributed by atoms with Crippen LogP contribution in [-0.4, -0.2) is 96.7 Å². The van der Waals surface area contributed by atoms with E-state index in [0.29, 0.717) is 25.7 Å². The van der Waals surface area contributed by atoms with Crippen LogP contribution in [0.4, 0.5) is 0 Å². The Labute approximate surface area is 613 Å². The second kappa shape index (κ2) is 73.9. The molecule has 3 N–H and O–H groups in total. The summed E-state index contributed by atoms with van der Waals surface area (Å²) in [4.78, 5) is 73.0. The summed E-state index contributed by atoms with van der Waals surface area (Å²) in [5, 5.41) is 10.6. The second-order valence-corrected chi connectivity index (χ2v) is 32.5. The first-order valence-electron chi connectivity index (χ1n) is 42.1. The molecule has 0 aliphatic carbocycles. The number of hydrogen-bond acceptors (Lipinski definition) is 15. The quantitative estimate of drug-likeness (QED) is 0.0222. The summed E-state index contributed by atoms with van der Waals surface area (Å²) in [6.45, 7) is 7.35. The van der Waals surface area contributed by atoms with Crippen molar-refractivity contribution in [2.75, 3.05) is 39.6 Å². The van der Waals surface area contributed by atoms with Gasteiger partial charge < -0.3 is 33.8 Å². The minimum Gasteiger partial charge on any atom is -0.462 e. The third-order valence-corrected chi connectivity index (χ3v) is 20.9. The summed E-state index contributed by atoms with van der Waals surface area (Å²) in [6, 6.07) is 0. The molecule has 0 aliphatic rings. The number of aliphatic hydroxyl groups is 1. The van der Waals surface area contributed by atoms with Crippen LogP contribution in [0.3, 0.4) is 0 Å². The van der Waals surface area contributed by atoms with Crippen molar-refractivity contribution < 1.29 is 80.2 Å². The Morgan fingerprint density at radius 1 is 0.270 bits per heavy atom. The first kappa shape index (κ1) is 98.1. The topological polar surface area (TPSA) is 237 Å². The van der Waals surface area contributed by atoms with Crippen LogP contribution < -0.4 is 0 Å². The molecule has 0 aromatic carbocycles. The van der Waals surface area contributed by atoms with Gasteiger partial charge in [0.25, 0.3) is 0 Å². The van der Waals surface area contributed by atoms with Crippen molar-refractivity contribution in [2.24, 2.45) is 5.92 Å². The summed E-state index contributed by atoms with van der Waals surface area (Å²) >= 11 is 0. The maximum atomic E-state index is 13.1. The molecule has 19 heteroatoms. The Kier molecular flexibility index (Phi) is 72.5. The van der Waals surface area contributed by atoms with Crippen molar-refractivity contribution in [2.45, 2.75) is 451 Å². The monoisotopic (exact) mass is 1470 g/mol. The molecule has 0 spiro atoms. The van der Waals surface area contributed by atoms with Gasteiger partial charge in [0.2, 0.25) is 0 Å². The summed E-state index contributed by atoms with van der Waals surface area (Å²) in [7, 11) is -9.91. The zero-order valence-corrected chi connectivity index (χ0v) is 67.1. The van der Waals surface area contributed by atoms with Crippen molar-refractivity contribution in [3.63, 3.8) is 0 Å². The van der Waals surface area contributed by atoms with Gasteiger partial charge >= 0.3 is 39.5 Å². The molecule has 0 aromatic rings. The van der Waals surface area contributed by atoms with Crippen LogP contribution in [0.5, 0.6) is 0 Å². The van der Waals surface area contributed by atoms with E-state index in [0.717, 1.165) is 95.8 Å². The van der Waals surface area contributed by atoms with E-state index in [1.54, 1.807) is 0 Å². The first-order chi connectivity index (χ1) is 48.5. The molecular weight excluding hydrogens is 1310 g/mol. The molecule has 0 bridgehead atoms. The Balaban J connectivity index is 5.21. The number of esters is 4.